The van der Waals surface area contributed by atoms with E-state index >= 15 is 0 Å². The Hall–Kier alpha value is -2.63. The van der Waals surface area contributed by atoms with E-state index in [1.54, 1.807) is 0 Å². The van der Waals surface area contributed by atoms with Crippen molar-refractivity contribution in [2.45, 2.75) is 51.8 Å². The molecule has 1 amide bonds. The van der Waals surface area contributed by atoms with Crippen LogP contribution in [-0.2, 0) is 22.6 Å². The molecular weight excluding hydrogens is 410 g/mol. The van der Waals surface area contributed by atoms with Gasteiger partial charge in [-0.3, -0.25) is 9.69 Å². The summed E-state index contributed by atoms with van der Waals surface area (Å²) in [5, 5.41) is 4.43. The lowest BCUT2D eigenvalue weighted by atomic mass is 9.95. The van der Waals surface area contributed by atoms with Crippen LogP contribution >= 0.6 is 0 Å². The largest absolute Gasteiger partial charge is 0.376 e. The van der Waals surface area contributed by atoms with Gasteiger partial charge in [-0.15, -0.1) is 0 Å². The minimum absolute atomic E-state index is 0.126. The van der Waals surface area contributed by atoms with Crippen LogP contribution < -0.4 is 5.32 Å². The second-order valence-electron chi connectivity index (χ2n) is 9.70. The third-order valence-electron chi connectivity index (χ3n) is 7.19. The summed E-state index contributed by atoms with van der Waals surface area (Å²) in [6, 6.07) is 19.8. The molecule has 33 heavy (non-hydrogen) atoms. The van der Waals surface area contributed by atoms with Crippen molar-refractivity contribution in [2.24, 2.45) is 5.92 Å². The molecule has 2 aliphatic heterocycles. The van der Waals surface area contributed by atoms with Crippen LogP contribution in [0.3, 0.4) is 0 Å². The average Bonchev–Trinajstić information content (AvgIpc) is 3.46. The highest BCUT2D eigenvalue weighted by molar-refractivity contribution is 5.81. The monoisotopic (exact) mass is 445 g/mol. The molecular formula is C28H35N3O2. The molecule has 5 nitrogen and oxygen atoms in total. The molecule has 1 N–H and O–H groups in total. The quantitative estimate of drug-likeness (QED) is 0.582. The molecule has 3 aromatic rings. The number of amides is 1. The molecule has 1 atom stereocenters. The van der Waals surface area contributed by atoms with E-state index in [1.165, 1.54) is 27.7 Å². The molecule has 0 saturated carbocycles. The van der Waals surface area contributed by atoms with Crippen molar-refractivity contribution in [1.29, 1.82) is 0 Å². The Labute approximate surface area is 196 Å². The Kier molecular flexibility index (Phi) is 6.79. The first-order valence-corrected chi connectivity index (χ1v) is 12.4. The third-order valence-corrected chi connectivity index (χ3v) is 7.19. The number of rotatable bonds is 7. The molecule has 174 valence electrons. The van der Waals surface area contributed by atoms with E-state index in [1.807, 2.05) is 0 Å². The van der Waals surface area contributed by atoms with Crippen molar-refractivity contribution in [2.75, 3.05) is 26.2 Å². The number of hydrogen-bond acceptors (Lipinski definition) is 3. The second kappa shape index (κ2) is 10.1. The number of benzene rings is 2. The number of aromatic nitrogens is 1. The molecule has 0 spiro atoms. The molecule has 2 saturated heterocycles. The Morgan fingerprint density at radius 2 is 1.88 bits per heavy atom. The van der Waals surface area contributed by atoms with Crippen molar-refractivity contribution in [3.63, 3.8) is 0 Å². The van der Waals surface area contributed by atoms with E-state index < -0.39 is 0 Å². The van der Waals surface area contributed by atoms with E-state index in [0.29, 0.717) is 6.54 Å². The SMILES string of the molecule is Cc1cccc(Cn2c(CN3CCC(C(=O)NC[C@H]4CCCO4)CC3)cc3ccccc32)c1. The van der Waals surface area contributed by atoms with Crippen LogP contribution in [0.4, 0.5) is 0 Å². The molecule has 5 rings (SSSR count). The molecule has 2 aromatic carbocycles. The summed E-state index contributed by atoms with van der Waals surface area (Å²) in [5.41, 5.74) is 5.26. The van der Waals surface area contributed by atoms with E-state index in [4.69, 9.17) is 4.74 Å². The summed E-state index contributed by atoms with van der Waals surface area (Å²) in [4.78, 5) is 15.1. The van der Waals surface area contributed by atoms with Gasteiger partial charge in [-0.25, -0.2) is 0 Å². The van der Waals surface area contributed by atoms with E-state index in [2.05, 4.69) is 76.3 Å². The Balaban J connectivity index is 1.23. The minimum atomic E-state index is 0.126. The van der Waals surface area contributed by atoms with Gasteiger partial charge in [0, 0.05) is 43.4 Å². The predicted molar refractivity (Wildman–Crippen MR) is 132 cm³/mol. The van der Waals surface area contributed by atoms with E-state index in [9.17, 15) is 4.79 Å². The topological polar surface area (TPSA) is 46.5 Å². The van der Waals surface area contributed by atoms with Gasteiger partial charge in [0.25, 0.3) is 0 Å². The molecule has 1 aromatic heterocycles. The molecule has 0 radical (unpaired) electrons. The molecule has 5 heteroatoms. The average molecular weight is 446 g/mol. The number of carbonyl (C=O) groups is 1. The fraction of sp³-hybridized carbons (Fsp3) is 0.464. The highest BCUT2D eigenvalue weighted by atomic mass is 16.5. The van der Waals surface area contributed by atoms with Crippen LogP contribution in [0.15, 0.2) is 54.6 Å². The zero-order valence-electron chi connectivity index (χ0n) is 19.6. The number of nitrogens with zero attached hydrogens (tertiary/aromatic N) is 2. The first-order chi connectivity index (χ1) is 16.2. The lowest BCUT2D eigenvalue weighted by Gasteiger charge is -2.31. The minimum Gasteiger partial charge on any atom is -0.376 e. The summed E-state index contributed by atoms with van der Waals surface area (Å²) in [7, 11) is 0. The molecule has 3 heterocycles. The van der Waals surface area contributed by atoms with Crippen molar-refractivity contribution in [3.05, 3.63) is 71.4 Å². The van der Waals surface area contributed by atoms with Crippen molar-refractivity contribution < 1.29 is 9.53 Å². The Bertz CT molecular complexity index is 1090. The van der Waals surface area contributed by atoms with E-state index in [-0.39, 0.29) is 17.9 Å². The lowest BCUT2D eigenvalue weighted by Crippen LogP contribution is -2.42. The number of carbonyl (C=O) groups excluding carboxylic acids is 1. The van der Waals surface area contributed by atoms with Crippen molar-refractivity contribution >= 4 is 16.8 Å². The number of likely N-dealkylation sites (tertiary alicyclic amines) is 1. The highest BCUT2D eigenvalue weighted by Gasteiger charge is 2.26. The number of aryl methyl sites for hydroxylation is 1. The first kappa shape index (κ1) is 22.2. The summed E-state index contributed by atoms with van der Waals surface area (Å²) in [6.07, 6.45) is 4.24. The van der Waals surface area contributed by atoms with Crippen LogP contribution in [-0.4, -0.2) is 47.7 Å². The van der Waals surface area contributed by atoms with Gasteiger partial charge in [0.05, 0.1) is 6.10 Å². The summed E-state index contributed by atoms with van der Waals surface area (Å²) >= 11 is 0. The molecule has 2 aliphatic rings. The normalized spacial score (nSPS) is 19.8. The number of ether oxygens (including phenoxy) is 1. The van der Waals surface area contributed by atoms with Crippen molar-refractivity contribution in [3.8, 4) is 0 Å². The fourth-order valence-corrected chi connectivity index (χ4v) is 5.32. The van der Waals surface area contributed by atoms with Gasteiger partial charge in [0.2, 0.25) is 5.91 Å². The molecule has 0 bridgehead atoms. The number of fused-ring (bicyclic) bond motifs is 1. The first-order valence-electron chi connectivity index (χ1n) is 12.4. The standard InChI is InChI=1S/C28H35N3O2/c1-21-6-4-7-22(16-21)19-31-25(17-24-8-2-3-10-27(24)31)20-30-13-11-23(12-14-30)28(32)29-18-26-9-5-15-33-26/h2-4,6-8,10,16-17,23,26H,5,9,11-15,18-20H2,1H3,(H,29,32)/t26-/m1/s1. The van der Waals surface area contributed by atoms with Crippen LogP contribution in [0.1, 0.15) is 42.5 Å². The Morgan fingerprint density at radius 3 is 2.67 bits per heavy atom. The maximum absolute atomic E-state index is 12.6. The van der Waals surface area contributed by atoms with Gasteiger partial charge < -0.3 is 14.6 Å². The third kappa shape index (κ3) is 5.31. The van der Waals surface area contributed by atoms with Gasteiger partial charge in [0.1, 0.15) is 0 Å². The fourth-order valence-electron chi connectivity index (χ4n) is 5.32. The number of nitrogens with one attached hydrogen (secondary N) is 1. The van der Waals surface area contributed by atoms with E-state index in [0.717, 1.165) is 58.5 Å². The van der Waals surface area contributed by atoms with Crippen LogP contribution in [0.5, 0.6) is 0 Å². The maximum atomic E-state index is 12.6. The van der Waals surface area contributed by atoms with Gasteiger partial charge in [-0.1, -0.05) is 48.0 Å². The Morgan fingerprint density at radius 1 is 1.03 bits per heavy atom. The highest BCUT2D eigenvalue weighted by Crippen LogP contribution is 2.25. The van der Waals surface area contributed by atoms with Crippen LogP contribution in [0.2, 0.25) is 0 Å². The second-order valence-corrected chi connectivity index (χ2v) is 9.70. The summed E-state index contributed by atoms with van der Waals surface area (Å²) < 4.78 is 8.10. The number of para-hydroxylation sites is 1. The molecule has 0 aliphatic carbocycles. The smallest absolute Gasteiger partial charge is 0.223 e. The van der Waals surface area contributed by atoms with Crippen molar-refractivity contribution in [1.82, 2.24) is 14.8 Å². The lowest BCUT2D eigenvalue weighted by molar-refractivity contribution is -0.127. The number of piperidine rings is 1. The van der Waals surface area contributed by atoms with Crippen LogP contribution in [0.25, 0.3) is 10.9 Å². The zero-order valence-corrected chi connectivity index (χ0v) is 19.6. The van der Waals surface area contributed by atoms with Gasteiger partial charge in [-0.05, 0) is 68.8 Å². The van der Waals surface area contributed by atoms with Gasteiger partial charge in [-0.2, -0.15) is 0 Å². The zero-order chi connectivity index (χ0) is 22.6. The molecule has 0 unspecified atom stereocenters. The summed E-state index contributed by atoms with van der Waals surface area (Å²) in [5.74, 6) is 0.333. The van der Waals surface area contributed by atoms with Gasteiger partial charge in [0.15, 0.2) is 0 Å². The molecule has 2 fully saturated rings. The maximum Gasteiger partial charge on any atom is 0.223 e. The summed E-state index contributed by atoms with van der Waals surface area (Å²) in [6.45, 7) is 7.38. The van der Waals surface area contributed by atoms with Gasteiger partial charge >= 0.3 is 0 Å². The predicted octanol–water partition coefficient (Wildman–Crippen LogP) is 4.51. The van der Waals surface area contributed by atoms with Crippen LogP contribution in [0, 0.1) is 12.8 Å². The number of hydrogen-bond donors (Lipinski definition) is 1.